The van der Waals surface area contributed by atoms with E-state index < -0.39 is 0 Å². The predicted octanol–water partition coefficient (Wildman–Crippen LogP) is 2.49. The number of carbonyl (C=O) groups is 2. The molecule has 0 saturated heterocycles. The molecule has 1 saturated carbocycles. The van der Waals surface area contributed by atoms with Crippen molar-refractivity contribution >= 4 is 23.2 Å². The van der Waals surface area contributed by atoms with Crippen molar-refractivity contribution in [2.75, 3.05) is 21.1 Å². The molecule has 2 rings (SSSR count). The lowest BCUT2D eigenvalue weighted by Crippen LogP contribution is -2.48. The molecule has 1 aliphatic rings. The zero-order chi connectivity index (χ0) is 17.6. The monoisotopic (exact) mass is 350 g/mol. The Labute approximate surface area is 148 Å². The highest BCUT2D eigenvalue weighted by molar-refractivity contribution is 7.10. The third kappa shape index (κ3) is 4.57. The van der Waals surface area contributed by atoms with Gasteiger partial charge in [0, 0.05) is 30.8 Å². The van der Waals surface area contributed by atoms with Gasteiger partial charge in [-0.1, -0.05) is 6.07 Å². The van der Waals surface area contributed by atoms with E-state index in [0.717, 1.165) is 25.7 Å². The first-order chi connectivity index (χ1) is 11.5. The third-order valence-corrected chi connectivity index (χ3v) is 6.12. The smallest absolute Gasteiger partial charge is 0.240 e. The van der Waals surface area contributed by atoms with Gasteiger partial charge in [0.2, 0.25) is 11.8 Å². The van der Waals surface area contributed by atoms with Gasteiger partial charge in [0.05, 0.1) is 5.54 Å². The van der Waals surface area contributed by atoms with Crippen molar-refractivity contribution in [1.82, 2.24) is 15.5 Å². The van der Waals surface area contributed by atoms with Crippen molar-refractivity contribution in [3.05, 3.63) is 22.4 Å². The van der Waals surface area contributed by atoms with E-state index in [1.165, 1.54) is 11.9 Å². The van der Waals surface area contributed by atoms with Crippen molar-refractivity contribution in [2.24, 2.45) is 0 Å². The molecule has 1 heterocycles. The number of thiophene rings is 1. The molecule has 0 spiro atoms. The van der Waals surface area contributed by atoms with E-state index in [1.54, 1.807) is 0 Å². The van der Waals surface area contributed by atoms with Crippen LogP contribution in [-0.2, 0) is 15.1 Å². The topological polar surface area (TPSA) is 63.5 Å². The van der Waals surface area contributed by atoms with Gasteiger partial charge < -0.3 is 5.32 Å². The van der Waals surface area contributed by atoms with E-state index in [1.807, 2.05) is 11.3 Å². The van der Waals surface area contributed by atoms with E-state index in [0.29, 0.717) is 19.3 Å². The molecule has 0 bridgehead atoms. The molecule has 0 aliphatic heterocycles. The van der Waals surface area contributed by atoms with E-state index >= 15 is 0 Å². The SMILES string of the molecule is C[N]C(=O)CCCC(=O)NC1CCC(c2cccs2)(N(C)C)CC1. The van der Waals surface area contributed by atoms with Crippen LogP contribution in [0.4, 0.5) is 0 Å². The highest BCUT2D eigenvalue weighted by Crippen LogP contribution is 2.42. The van der Waals surface area contributed by atoms with Gasteiger partial charge in [0.25, 0.3) is 0 Å². The van der Waals surface area contributed by atoms with Crippen LogP contribution in [0, 0.1) is 0 Å². The van der Waals surface area contributed by atoms with Crippen LogP contribution < -0.4 is 10.6 Å². The Kier molecular flexibility index (Phi) is 6.80. The lowest BCUT2D eigenvalue weighted by molar-refractivity contribution is -0.123. The van der Waals surface area contributed by atoms with Crippen LogP contribution in [0.1, 0.15) is 49.8 Å². The van der Waals surface area contributed by atoms with Crippen LogP contribution in [0.2, 0.25) is 0 Å². The average molecular weight is 351 g/mol. The maximum absolute atomic E-state index is 12.0. The average Bonchev–Trinajstić information content (AvgIpc) is 3.10. The first kappa shape index (κ1) is 18.9. The molecule has 1 radical (unpaired) electrons. The second-order valence-electron chi connectivity index (χ2n) is 6.72. The molecule has 24 heavy (non-hydrogen) atoms. The van der Waals surface area contributed by atoms with Gasteiger partial charge in [-0.15, -0.1) is 11.3 Å². The van der Waals surface area contributed by atoms with Gasteiger partial charge in [-0.25, -0.2) is 0 Å². The lowest BCUT2D eigenvalue weighted by atomic mass is 9.77. The van der Waals surface area contributed by atoms with Crippen LogP contribution in [0.15, 0.2) is 17.5 Å². The minimum atomic E-state index is -0.132. The molecular formula is C18H28N3O2S. The number of hydrogen-bond donors (Lipinski definition) is 1. The first-order valence-electron chi connectivity index (χ1n) is 8.61. The normalized spacial score (nSPS) is 23.9. The number of amides is 2. The van der Waals surface area contributed by atoms with Crippen molar-refractivity contribution < 1.29 is 9.59 Å². The van der Waals surface area contributed by atoms with Crippen LogP contribution in [0.3, 0.4) is 0 Å². The van der Waals surface area contributed by atoms with Crippen LogP contribution >= 0.6 is 11.3 Å². The second kappa shape index (κ2) is 8.62. The summed E-state index contributed by atoms with van der Waals surface area (Å²) in [6.07, 6.45) is 5.43. The Hall–Kier alpha value is -1.40. The summed E-state index contributed by atoms with van der Waals surface area (Å²) in [7, 11) is 5.79. The molecule has 0 atom stereocenters. The standard InChI is InChI=1S/C18H28N3O2S/c1-19-16(22)7-4-8-17(23)20-14-9-11-18(12-10-14,21(2)3)15-6-5-13-24-15/h5-6,13-14H,4,7-12H2,1-3H3,(H,20,23). The van der Waals surface area contributed by atoms with Gasteiger partial charge in [-0.2, -0.15) is 0 Å². The zero-order valence-corrected chi connectivity index (χ0v) is 15.7. The molecule has 2 amide bonds. The summed E-state index contributed by atoms with van der Waals surface area (Å²) in [6.45, 7) is 0. The fraction of sp³-hybridized carbons (Fsp3) is 0.667. The Morgan fingerprint density at radius 2 is 2.04 bits per heavy atom. The Balaban J connectivity index is 1.81. The highest BCUT2D eigenvalue weighted by atomic mass is 32.1. The molecule has 1 aromatic rings. The van der Waals surface area contributed by atoms with Gasteiger partial charge in [0.1, 0.15) is 0 Å². The van der Waals surface area contributed by atoms with Gasteiger partial charge >= 0.3 is 0 Å². The van der Waals surface area contributed by atoms with E-state index in [4.69, 9.17) is 0 Å². The van der Waals surface area contributed by atoms with Gasteiger partial charge in [-0.3, -0.25) is 19.8 Å². The Bertz CT molecular complexity index is 534. The minimum Gasteiger partial charge on any atom is -0.353 e. The number of hydrogen-bond acceptors (Lipinski definition) is 4. The summed E-state index contributed by atoms with van der Waals surface area (Å²) in [4.78, 5) is 26.9. The third-order valence-electron chi connectivity index (χ3n) is 5.06. The summed E-state index contributed by atoms with van der Waals surface area (Å²) >= 11 is 1.82. The van der Waals surface area contributed by atoms with E-state index in [-0.39, 0.29) is 23.4 Å². The largest absolute Gasteiger partial charge is 0.353 e. The molecule has 1 aliphatic carbocycles. The fourth-order valence-corrected chi connectivity index (χ4v) is 4.58. The molecule has 133 valence electrons. The highest BCUT2D eigenvalue weighted by Gasteiger charge is 2.39. The lowest BCUT2D eigenvalue weighted by Gasteiger charge is -2.44. The second-order valence-corrected chi connectivity index (χ2v) is 7.66. The van der Waals surface area contributed by atoms with Crippen molar-refractivity contribution in [3.8, 4) is 0 Å². The van der Waals surface area contributed by atoms with Crippen molar-refractivity contribution in [2.45, 2.75) is 56.5 Å². The number of nitrogens with one attached hydrogen (secondary N) is 1. The maximum atomic E-state index is 12.0. The molecule has 6 heteroatoms. The van der Waals surface area contributed by atoms with E-state index in [2.05, 4.69) is 47.1 Å². The number of nitrogens with zero attached hydrogens (tertiary/aromatic N) is 2. The van der Waals surface area contributed by atoms with Gasteiger partial charge in [0.15, 0.2) is 0 Å². The van der Waals surface area contributed by atoms with E-state index in [9.17, 15) is 9.59 Å². The number of carbonyl (C=O) groups excluding carboxylic acids is 2. The summed E-state index contributed by atoms with van der Waals surface area (Å²) in [5, 5.41) is 8.86. The van der Waals surface area contributed by atoms with Crippen molar-refractivity contribution in [1.29, 1.82) is 0 Å². The first-order valence-corrected chi connectivity index (χ1v) is 9.49. The molecule has 1 fully saturated rings. The quantitative estimate of drug-likeness (QED) is 0.822. The minimum absolute atomic E-state index is 0.0531. The summed E-state index contributed by atoms with van der Waals surface area (Å²) in [5.41, 5.74) is 0.102. The molecule has 0 aromatic carbocycles. The Morgan fingerprint density at radius 1 is 1.33 bits per heavy atom. The maximum Gasteiger partial charge on any atom is 0.240 e. The van der Waals surface area contributed by atoms with Crippen LogP contribution in [0.5, 0.6) is 0 Å². The fourth-order valence-electron chi connectivity index (χ4n) is 3.51. The predicted molar refractivity (Wildman–Crippen MR) is 97.0 cm³/mol. The van der Waals surface area contributed by atoms with Gasteiger partial charge in [-0.05, 0) is 57.6 Å². The molecule has 1 N–H and O–H groups in total. The summed E-state index contributed by atoms with van der Waals surface area (Å²) in [5.74, 6) is -0.0791. The molecular weight excluding hydrogens is 322 g/mol. The Morgan fingerprint density at radius 3 is 2.58 bits per heavy atom. The molecule has 0 unspecified atom stereocenters. The molecule has 5 nitrogen and oxygen atoms in total. The zero-order valence-electron chi connectivity index (χ0n) is 14.9. The summed E-state index contributed by atoms with van der Waals surface area (Å²) in [6, 6.07) is 4.58. The summed E-state index contributed by atoms with van der Waals surface area (Å²) < 4.78 is 0. The van der Waals surface area contributed by atoms with Crippen molar-refractivity contribution in [3.63, 3.8) is 0 Å². The molecule has 1 aromatic heterocycles. The van der Waals surface area contributed by atoms with Crippen LogP contribution in [0.25, 0.3) is 0 Å². The van der Waals surface area contributed by atoms with Crippen LogP contribution in [-0.4, -0.2) is 43.9 Å². The number of rotatable bonds is 7.